The van der Waals surface area contributed by atoms with E-state index in [1.165, 1.54) is 5.56 Å². The van der Waals surface area contributed by atoms with Gasteiger partial charge in [0.2, 0.25) is 0 Å². The molecule has 0 saturated carbocycles. The van der Waals surface area contributed by atoms with Crippen LogP contribution in [0.1, 0.15) is 11.3 Å². The summed E-state index contributed by atoms with van der Waals surface area (Å²) in [5, 5.41) is 6.53. The molecule has 0 saturated heterocycles. The molecule has 0 fully saturated rings. The predicted molar refractivity (Wildman–Crippen MR) is 56.1 cm³/mol. The molecule has 14 heavy (non-hydrogen) atoms. The number of fused-ring (bicyclic) bond motifs is 1. The summed E-state index contributed by atoms with van der Waals surface area (Å²) in [5.74, 6) is 0.933. The van der Waals surface area contributed by atoms with Gasteiger partial charge in [0, 0.05) is 31.6 Å². The molecule has 0 aliphatic carbocycles. The summed E-state index contributed by atoms with van der Waals surface area (Å²) in [6.45, 7) is 6.27. The number of hydrogen-bond acceptors (Lipinski definition) is 4. The third-order valence-electron chi connectivity index (χ3n) is 2.29. The van der Waals surface area contributed by atoms with Crippen molar-refractivity contribution in [2.45, 2.75) is 13.0 Å². The van der Waals surface area contributed by atoms with Crippen molar-refractivity contribution in [2.24, 2.45) is 0 Å². The van der Waals surface area contributed by atoms with E-state index in [2.05, 4.69) is 27.2 Å². The highest BCUT2D eigenvalue weighted by Gasteiger charge is 2.13. The number of anilines is 1. The van der Waals surface area contributed by atoms with Crippen molar-refractivity contribution in [1.29, 1.82) is 0 Å². The minimum absolute atomic E-state index is 0.740. The number of nitrogens with zero attached hydrogens (tertiary/aromatic N) is 2. The summed E-state index contributed by atoms with van der Waals surface area (Å²) in [4.78, 5) is 8.49. The van der Waals surface area contributed by atoms with Crippen molar-refractivity contribution in [3.63, 3.8) is 0 Å². The Morgan fingerprint density at radius 2 is 2.50 bits per heavy atom. The fourth-order valence-electron chi connectivity index (χ4n) is 1.59. The molecule has 0 bridgehead atoms. The van der Waals surface area contributed by atoms with Crippen LogP contribution in [0.15, 0.2) is 19.0 Å². The monoisotopic (exact) mass is 190 g/mol. The zero-order chi connectivity index (χ0) is 9.80. The van der Waals surface area contributed by atoms with Crippen molar-refractivity contribution in [2.75, 3.05) is 18.4 Å². The largest absolute Gasteiger partial charge is 0.366 e. The second-order valence-corrected chi connectivity index (χ2v) is 3.24. The molecule has 0 spiro atoms. The minimum atomic E-state index is 0.740. The molecule has 0 aromatic carbocycles. The van der Waals surface area contributed by atoms with Gasteiger partial charge in [0.1, 0.15) is 12.1 Å². The lowest BCUT2D eigenvalue weighted by Crippen LogP contribution is -2.26. The second-order valence-electron chi connectivity index (χ2n) is 3.24. The normalized spacial score (nSPS) is 14.6. The molecule has 2 N–H and O–H groups in total. The van der Waals surface area contributed by atoms with E-state index >= 15 is 0 Å². The first-order valence-electron chi connectivity index (χ1n) is 4.80. The van der Waals surface area contributed by atoms with Gasteiger partial charge < -0.3 is 10.6 Å². The molecule has 1 aromatic heterocycles. The Morgan fingerprint density at radius 1 is 1.57 bits per heavy atom. The van der Waals surface area contributed by atoms with Crippen LogP contribution < -0.4 is 10.6 Å². The van der Waals surface area contributed by atoms with Crippen LogP contribution in [0.4, 0.5) is 5.82 Å². The topological polar surface area (TPSA) is 49.8 Å². The molecule has 0 atom stereocenters. The van der Waals surface area contributed by atoms with Gasteiger partial charge in [-0.05, 0) is 0 Å². The Morgan fingerprint density at radius 3 is 3.36 bits per heavy atom. The van der Waals surface area contributed by atoms with Crippen LogP contribution in [-0.2, 0) is 13.0 Å². The number of aromatic nitrogens is 2. The second kappa shape index (κ2) is 4.19. The van der Waals surface area contributed by atoms with E-state index in [0.29, 0.717) is 0 Å². The van der Waals surface area contributed by atoms with Crippen molar-refractivity contribution in [3.8, 4) is 0 Å². The molecule has 74 valence electrons. The summed E-state index contributed by atoms with van der Waals surface area (Å²) >= 11 is 0. The lowest BCUT2D eigenvalue weighted by atomic mass is 10.1. The SMILES string of the molecule is C=CCNc1ncnc2c1CNCC2. The van der Waals surface area contributed by atoms with Gasteiger partial charge in [0.25, 0.3) is 0 Å². The average Bonchev–Trinajstić information content (AvgIpc) is 2.26. The third-order valence-corrected chi connectivity index (χ3v) is 2.29. The van der Waals surface area contributed by atoms with E-state index in [9.17, 15) is 0 Å². The molecule has 0 unspecified atom stereocenters. The highest BCUT2D eigenvalue weighted by molar-refractivity contribution is 5.47. The molecule has 1 aromatic rings. The van der Waals surface area contributed by atoms with Crippen LogP contribution in [0.2, 0.25) is 0 Å². The van der Waals surface area contributed by atoms with E-state index < -0.39 is 0 Å². The van der Waals surface area contributed by atoms with Gasteiger partial charge in [0.05, 0.1) is 5.69 Å². The molecule has 2 rings (SSSR count). The Labute approximate surface area is 83.5 Å². The molecule has 4 nitrogen and oxygen atoms in total. The van der Waals surface area contributed by atoms with Crippen LogP contribution >= 0.6 is 0 Å². The zero-order valence-corrected chi connectivity index (χ0v) is 8.08. The summed E-state index contributed by atoms with van der Waals surface area (Å²) < 4.78 is 0. The highest BCUT2D eigenvalue weighted by atomic mass is 15.0. The quantitative estimate of drug-likeness (QED) is 0.690. The average molecular weight is 190 g/mol. The fraction of sp³-hybridized carbons (Fsp3) is 0.400. The Bertz CT molecular complexity index is 335. The maximum atomic E-state index is 4.27. The van der Waals surface area contributed by atoms with Crippen LogP contribution in [0, 0.1) is 0 Å². The summed E-state index contributed by atoms with van der Waals surface area (Å²) in [6.07, 6.45) is 4.43. The minimum Gasteiger partial charge on any atom is -0.366 e. The van der Waals surface area contributed by atoms with Gasteiger partial charge >= 0.3 is 0 Å². The lowest BCUT2D eigenvalue weighted by Gasteiger charge is -2.18. The molecule has 1 aliphatic heterocycles. The van der Waals surface area contributed by atoms with Crippen LogP contribution in [-0.4, -0.2) is 23.1 Å². The first kappa shape index (κ1) is 9.15. The molecular formula is C10H14N4. The number of hydrogen-bond donors (Lipinski definition) is 2. The Balaban J connectivity index is 2.25. The van der Waals surface area contributed by atoms with Crippen molar-refractivity contribution < 1.29 is 0 Å². The number of rotatable bonds is 3. The van der Waals surface area contributed by atoms with Crippen LogP contribution in [0.25, 0.3) is 0 Å². The number of nitrogens with one attached hydrogen (secondary N) is 2. The molecule has 4 heteroatoms. The lowest BCUT2D eigenvalue weighted by molar-refractivity contribution is 0.627. The van der Waals surface area contributed by atoms with E-state index in [4.69, 9.17) is 0 Å². The van der Waals surface area contributed by atoms with E-state index in [-0.39, 0.29) is 0 Å². The fourth-order valence-corrected chi connectivity index (χ4v) is 1.59. The summed E-state index contributed by atoms with van der Waals surface area (Å²) in [6, 6.07) is 0. The zero-order valence-electron chi connectivity index (χ0n) is 8.08. The smallest absolute Gasteiger partial charge is 0.134 e. The van der Waals surface area contributed by atoms with E-state index in [0.717, 1.165) is 37.6 Å². The Kier molecular flexibility index (Phi) is 2.74. The summed E-state index contributed by atoms with van der Waals surface area (Å²) in [7, 11) is 0. The standard InChI is InChI=1S/C10H14N4/c1-2-4-12-10-8-6-11-5-3-9(8)13-7-14-10/h2,7,11H,1,3-6H2,(H,12,13,14). The molecule has 0 amide bonds. The van der Waals surface area contributed by atoms with Gasteiger partial charge in [-0.2, -0.15) is 0 Å². The molecular weight excluding hydrogens is 176 g/mol. The van der Waals surface area contributed by atoms with Crippen molar-refractivity contribution >= 4 is 5.82 Å². The third kappa shape index (κ3) is 1.75. The van der Waals surface area contributed by atoms with Crippen LogP contribution in [0.3, 0.4) is 0 Å². The predicted octanol–water partition coefficient (Wildman–Crippen LogP) is 0.720. The Hall–Kier alpha value is -1.42. The van der Waals surface area contributed by atoms with Crippen molar-refractivity contribution in [3.05, 3.63) is 30.2 Å². The van der Waals surface area contributed by atoms with Gasteiger partial charge in [0.15, 0.2) is 0 Å². The van der Waals surface area contributed by atoms with Crippen LogP contribution in [0.5, 0.6) is 0 Å². The first-order chi connectivity index (χ1) is 6.92. The van der Waals surface area contributed by atoms with E-state index in [1.54, 1.807) is 6.33 Å². The maximum Gasteiger partial charge on any atom is 0.134 e. The van der Waals surface area contributed by atoms with Gasteiger partial charge in [-0.1, -0.05) is 6.08 Å². The van der Waals surface area contributed by atoms with Gasteiger partial charge in [-0.3, -0.25) is 0 Å². The van der Waals surface area contributed by atoms with Gasteiger partial charge in [-0.15, -0.1) is 6.58 Å². The molecule has 1 aliphatic rings. The molecule has 2 heterocycles. The van der Waals surface area contributed by atoms with Gasteiger partial charge in [-0.25, -0.2) is 9.97 Å². The molecule has 0 radical (unpaired) electrons. The van der Waals surface area contributed by atoms with E-state index in [1.807, 2.05) is 6.08 Å². The summed E-state index contributed by atoms with van der Waals surface area (Å²) in [5.41, 5.74) is 2.35. The van der Waals surface area contributed by atoms with Crippen molar-refractivity contribution in [1.82, 2.24) is 15.3 Å². The first-order valence-corrected chi connectivity index (χ1v) is 4.80. The highest BCUT2D eigenvalue weighted by Crippen LogP contribution is 2.17. The maximum absolute atomic E-state index is 4.27.